The van der Waals surface area contributed by atoms with Gasteiger partial charge in [0, 0.05) is 17.1 Å². The molecule has 1 heterocycles. The average molecular weight is 426 g/mol. The highest BCUT2D eigenvalue weighted by atomic mass is 32.1. The van der Waals surface area contributed by atoms with Gasteiger partial charge < -0.3 is 4.74 Å². The van der Waals surface area contributed by atoms with Gasteiger partial charge in [-0.25, -0.2) is 4.39 Å². The third kappa shape index (κ3) is 4.94. The normalized spacial score (nSPS) is 13.0. The van der Waals surface area contributed by atoms with Crippen molar-refractivity contribution < 1.29 is 13.9 Å². The maximum atomic E-state index is 14.2. The van der Waals surface area contributed by atoms with Crippen molar-refractivity contribution in [2.75, 3.05) is 7.11 Å². The fourth-order valence-corrected chi connectivity index (χ4v) is 3.84. The molecule has 1 aromatic heterocycles. The van der Waals surface area contributed by atoms with Crippen LogP contribution in [0.3, 0.4) is 0 Å². The van der Waals surface area contributed by atoms with Gasteiger partial charge in [0.05, 0.1) is 18.2 Å². The van der Waals surface area contributed by atoms with Crippen molar-refractivity contribution in [3.63, 3.8) is 0 Å². The predicted molar refractivity (Wildman–Crippen MR) is 119 cm³/mol. The number of Topliss-reactive ketones (excluding diaryl/α,β-unsaturated/α-hetero) is 1. The quantitative estimate of drug-likeness (QED) is 0.630. The zero-order chi connectivity index (χ0) is 21.9. The number of halogens is 1. The average Bonchev–Trinajstić information content (AvgIpc) is 2.98. The molecular formula is C24H24FNO3S. The molecule has 2 aromatic carbocycles. The van der Waals surface area contributed by atoms with E-state index in [1.165, 1.54) is 28.0 Å². The Labute approximate surface area is 178 Å². The molecule has 0 spiro atoms. The van der Waals surface area contributed by atoms with Gasteiger partial charge >= 0.3 is 0 Å². The Kier molecular flexibility index (Phi) is 6.37. The summed E-state index contributed by atoms with van der Waals surface area (Å²) in [6.45, 7) is 5.52. The van der Waals surface area contributed by atoms with Crippen LogP contribution in [-0.2, 0) is 11.3 Å². The standard InChI is InChI=1S/C24H24FNO3S/c1-24(2,3)21(27)14-22-26(15-17-9-5-6-11-19(17)25)23(28)20(30-22)13-16-8-7-10-18(12-16)29-4/h5-14H,15H2,1-4H3. The number of benzene rings is 2. The van der Waals surface area contributed by atoms with Crippen LogP contribution in [-0.4, -0.2) is 17.5 Å². The van der Waals surface area contributed by atoms with Gasteiger partial charge in [-0.1, -0.05) is 51.1 Å². The Morgan fingerprint density at radius 3 is 2.57 bits per heavy atom. The summed E-state index contributed by atoms with van der Waals surface area (Å²) in [6, 6.07) is 13.7. The third-order valence-electron chi connectivity index (χ3n) is 4.61. The van der Waals surface area contributed by atoms with Crippen LogP contribution in [0.2, 0.25) is 0 Å². The van der Waals surface area contributed by atoms with E-state index in [2.05, 4.69) is 0 Å². The van der Waals surface area contributed by atoms with Crippen molar-refractivity contribution in [2.24, 2.45) is 5.41 Å². The number of ether oxygens (including phenoxy) is 1. The van der Waals surface area contributed by atoms with Gasteiger partial charge in [-0.05, 0) is 29.8 Å². The molecule has 0 aliphatic heterocycles. The Morgan fingerprint density at radius 1 is 1.17 bits per heavy atom. The Balaban J connectivity index is 2.20. The molecular weight excluding hydrogens is 401 g/mol. The smallest absolute Gasteiger partial charge is 0.269 e. The van der Waals surface area contributed by atoms with Crippen LogP contribution >= 0.6 is 11.3 Å². The van der Waals surface area contributed by atoms with Crippen molar-refractivity contribution >= 4 is 29.3 Å². The van der Waals surface area contributed by atoms with E-state index in [4.69, 9.17) is 4.74 Å². The second kappa shape index (κ2) is 8.79. The molecule has 0 saturated heterocycles. The van der Waals surface area contributed by atoms with Crippen LogP contribution in [0.1, 0.15) is 31.9 Å². The highest BCUT2D eigenvalue weighted by Gasteiger charge is 2.19. The maximum absolute atomic E-state index is 14.2. The maximum Gasteiger partial charge on any atom is 0.269 e. The molecule has 3 rings (SSSR count). The summed E-state index contributed by atoms with van der Waals surface area (Å²) in [6.07, 6.45) is 3.24. The highest BCUT2D eigenvalue weighted by Crippen LogP contribution is 2.15. The minimum absolute atomic E-state index is 0.0528. The van der Waals surface area contributed by atoms with Crippen molar-refractivity contribution in [3.05, 3.63) is 85.0 Å². The number of rotatable bonds is 5. The molecule has 3 aromatic rings. The minimum Gasteiger partial charge on any atom is -0.497 e. The van der Waals surface area contributed by atoms with E-state index in [9.17, 15) is 14.0 Å². The number of ketones is 1. The molecule has 0 saturated carbocycles. The van der Waals surface area contributed by atoms with Crippen LogP contribution < -0.4 is 19.5 Å². The first-order valence-electron chi connectivity index (χ1n) is 9.54. The number of methoxy groups -OCH3 is 1. The van der Waals surface area contributed by atoms with Gasteiger partial charge in [-0.2, -0.15) is 0 Å². The summed E-state index contributed by atoms with van der Waals surface area (Å²) in [5, 5.41) is 0. The summed E-state index contributed by atoms with van der Waals surface area (Å²) in [4.78, 5) is 25.8. The van der Waals surface area contributed by atoms with Crippen molar-refractivity contribution in [3.8, 4) is 5.75 Å². The van der Waals surface area contributed by atoms with Crippen molar-refractivity contribution in [1.29, 1.82) is 0 Å². The van der Waals surface area contributed by atoms with E-state index in [0.717, 1.165) is 5.56 Å². The molecule has 0 atom stereocenters. The van der Waals surface area contributed by atoms with E-state index >= 15 is 0 Å². The number of nitrogens with zero attached hydrogens (tertiary/aromatic N) is 1. The molecule has 0 radical (unpaired) electrons. The zero-order valence-corrected chi connectivity index (χ0v) is 18.3. The predicted octanol–water partition coefficient (Wildman–Crippen LogP) is 3.33. The number of aromatic nitrogens is 1. The van der Waals surface area contributed by atoms with Gasteiger partial charge in [0.1, 0.15) is 16.2 Å². The van der Waals surface area contributed by atoms with E-state index in [1.807, 2.05) is 45.0 Å². The lowest BCUT2D eigenvalue weighted by molar-refractivity contribution is -0.120. The Hall–Kier alpha value is -2.99. The number of hydrogen-bond acceptors (Lipinski definition) is 4. The molecule has 0 amide bonds. The zero-order valence-electron chi connectivity index (χ0n) is 17.4. The molecule has 0 aliphatic rings. The summed E-state index contributed by atoms with van der Waals surface area (Å²) >= 11 is 1.22. The number of hydrogen-bond donors (Lipinski definition) is 0. The van der Waals surface area contributed by atoms with Crippen molar-refractivity contribution in [2.45, 2.75) is 27.3 Å². The molecule has 0 aliphatic carbocycles. The van der Waals surface area contributed by atoms with Crippen LogP contribution in [0.25, 0.3) is 12.2 Å². The molecule has 0 fully saturated rings. The minimum atomic E-state index is -0.584. The highest BCUT2D eigenvalue weighted by molar-refractivity contribution is 7.07. The van der Waals surface area contributed by atoms with Crippen LogP contribution in [0.4, 0.5) is 4.39 Å². The molecule has 0 N–H and O–H groups in total. The molecule has 0 bridgehead atoms. The van der Waals surface area contributed by atoms with Gasteiger partial charge in [0.2, 0.25) is 0 Å². The van der Waals surface area contributed by atoms with E-state index in [0.29, 0.717) is 20.5 Å². The first-order chi connectivity index (χ1) is 14.2. The van der Waals surface area contributed by atoms with Gasteiger partial charge in [-0.15, -0.1) is 11.3 Å². The SMILES string of the molecule is COc1cccc(C=c2sc(=CC(=O)C(C)(C)C)n(Cc3ccccc3F)c2=O)c1. The van der Waals surface area contributed by atoms with E-state index < -0.39 is 5.41 Å². The molecule has 0 unspecified atom stereocenters. The third-order valence-corrected chi connectivity index (χ3v) is 5.67. The first kappa shape index (κ1) is 21.7. The lowest BCUT2D eigenvalue weighted by Gasteiger charge is -2.13. The number of carbonyl (C=O) groups is 1. The van der Waals surface area contributed by atoms with Gasteiger partial charge in [0.25, 0.3) is 5.56 Å². The molecule has 4 nitrogen and oxygen atoms in total. The Morgan fingerprint density at radius 2 is 1.90 bits per heavy atom. The fraction of sp³-hybridized carbons (Fsp3) is 0.250. The number of carbonyl (C=O) groups excluding carboxylic acids is 1. The van der Waals surface area contributed by atoms with E-state index in [1.54, 1.807) is 31.4 Å². The number of thiazole rings is 1. The lowest BCUT2D eigenvalue weighted by Crippen LogP contribution is -2.33. The van der Waals surface area contributed by atoms with Crippen molar-refractivity contribution in [1.82, 2.24) is 4.57 Å². The van der Waals surface area contributed by atoms with E-state index in [-0.39, 0.29) is 23.7 Å². The summed E-state index contributed by atoms with van der Waals surface area (Å²) < 4.78 is 21.9. The molecule has 6 heteroatoms. The van der Waals surface area contributed by atoms with Crippen LogP contribution in [0, 0.1) is 11.2 Å². The summed E-state index contributed by atoms with van der Waals surface area (Å²) in [5.41, 5.74) is 0.348. The monoisotopic (exact) mass is 425 g/mol. The van der Waals surface area contributed by atoms with Crippen LogP contribution in [0.5, 0.6) is 5.75 Å². The second-order valence-corrected chi connectivity index (χ2v) is 9.03. The van der Waals surface area contributed by atoms with Gasteiger partial charge in [-0.3, -0.25) is 14.2 Å². The first-order valence-corrected chi connectivity index (χ1v) is 10.4. The molecule has 30 heavy (non-hydrogen) atoms. The lowest BCUT2D eigenvalue weighted by atomic mass is 9.91. The Bertz CT molecular complexity index is 1250. The van der Waals surface area contributed by atoms with Gasteiger partial charge in [0.15, 0.2) is 5.78 Å². The summed E-state index contributed by atoms with van der Waals surface area (Å²) in [5.74, 6) is 0.197. The van der Waals surface area contributed by atoms with Crippen LogP contribution in [0.15, 0.2) is 53.3 Å². The topological polar surface area (TPSA) is 48.3 Å². The summed E-state index contributed by atoms with van der Waals surface area (Å²) in [7, 11) is 1.58. The largest absolute Gasteiger partial charge is 0.497 e. The fourth-order valence-electron chi connectivity index (χ4n) is 2.80. The second-order valence-electron chi connectivity index (χ2n) is 7.97. The molecule has 156 valence electrons.